The van der Waals surface area contributed by atoms with Crippen LogP contribution in [0.2, 0.25) is 0 Å². The van der Waals surface area contributed by atoms with Crippen molar-refractivity contribution in [2.75, 3.05) is 0 Å². The van der Waals surface area contributed by atoms with Crippen LogP contribution in [-0.2, 0) is 0 Å². The number of aromatic amines is 2. The second kappa shape index (κ2) is 4.44. The molecule has 0 amide bonds. The average Bonchev–Trinajstić information content (AvgIpc) is 2.72. The number of nitrogens with zero attached hydrogens (tertiary/aromatic N) is 1. The Morgan fingerprint density at radius 3 is 2.33 bits per heavy atom. The van der Waals surface area contributed by atoms with Gasteiger partial charge in [0.2, 0.25) is 0 Å². The summed E-state index contributed by atoms with van der Waals surface area (Å²) in [6, 6.07) is 0.583. The molecule has 1 aliphatic rings. The second-order valence-corrected chi connectivity index (χ2v) is 3.29. The predicted octanol–water partition coefficient (Wildman–Crippen LogP) is 1.30. The van der Waals surface area contributed by atoms with E-state index in [1.165, 1.54) is 19.2 Å². The maximum Gasteiger partial charge on any atom is 0.200 e. The largest absolute Gasteiger partial charge is 0.328 e. The first-order chi connectivity index (χ1) is 5.68. The van der Waals surface area contributed by atoms with Crippen molar-refractivity contribution in [3.05, 3.63) is 15.9 Å². The molecule has 4 nitrogen and oxygen atoms in total. The van der Waals surface area contributed by atoms with Crippen molar-refractivity contribution in [1.82, 2.24) is 15.0 Å². The summed E-state index contributed by atoms with van der Waals surface area (Å²) in [6.07, 6.45) is 3.99. The molecule has 12 heavy (non-hydrogen) atoms. The fourth-order valence-electron chi connectivity index (χ4n) is 0.411. The van der Waals surface area contributed by atoms with Gasteiger partial charge in [-0.05, 0) is 37.3 Å². The number of rotatable bonds is 0. The van der Waals surface area contributed by atoms with Crippen LogP contribution in [0.5, 0.6) is 0 Å². The molecule has 0 aliphatic heterocycles. The summed E-state index contributed by atoms with van der Waals surface area (Å²) in [5.74, 6) is 0. The zero-order chi connectivity index (χ0) is 8.97. The van der Waals surface area contributed by atoms with Gasteiger partial charge in [-0.1, -0.05) is 0 Å². The minimum Gasteiger partial charge on any atom is -0.328 e. The summed E-state index contributed by atoms with van der Waals surface area (Å²) in [5.41, 5.74) is 5.22. The van der Waals surface area contributed by atoms with Gasteiger partial charge in [-0.15, -0.1) is 0 Å². The van der Waals surface area contributed by atoms with E-state index in [2.05, 4.69) is 39.4 Å². The highest BCUT2D eigenvalue weighted by Gasteiger charge is 2.13. The van der Waals surface area contributed by atoms with E-state index >= 15 is 0 Å². The molecule has 6 heteroatoms. The van der Waals surface area contributed by atoms with Crippen LogP contribution in [0.3, 0.4) is 0 Å². The maximum absolute atomic E-state index is 5.22. The van der Waals surface area contributed by atoms with Crippen LogP contribution < -0.4 is 5.73 Å². The van der Waals surface area contributed by atoms with Crippen molar-refractivity contribution in [1.29, 1.82) is 0 Å². The molecule has 0 radical (unpaired) electrons. The van der Waals surface area contributed by atoms with Gasteiger partial charge in [0.05, 0.1) is 6.33 Å². The molecule has 1 saturated carbocycles. The van der Waals surface area contributed by atoms with Crippen LogP contribution in [0.4, 0.5) is 0 Å². The zero-order valence-corrected chi connectivity index (χ0v) is 8.04. The molecule has 0 spiro atoms. The first-order valence-corrected chi connectivity index (χ1v) is 4.40. The second-order valence-electron chi connectivity index (χ2n) is 2.50. The topological polar surface area (TPSA) is 70.5 Å². The van der Waals surface area contributed by atoms with E-state index in [9.17, 15) is 0 Å². The molecular weight excluding hydrogens is 192 g/mol. The smallest absolute Gasteiger partial charge is 0.200 e. The lowest BCUT2D eigenvalue weighted by molar-refractivity contribution is 1.00. The van der Waals surface area contributed by atoms with E-state index < -0.39 is 0 Å². The van der Waals surface area contributed by atoms with Crippen molar-refractivity contribution in [2.45, 2.75) is 18.9 Å². The van der Waals surface area contributed by atoms with E-state index in [4.69, 9.17) is 5.73 Å². The summed E-state index contributed by atoms with van der Waals surface area (Å²) in [5, 5.41) is 0. The van der Waals surface area contributed by atoms with Gasteiger partial charge in [-0.2, -0.15) is 0 Å². The third-order valence-electron chi connectivity index (χ3n) is 1.22. The highest BCUT2D eigenvalue weighted by molar-refractivity contribution is 7.71. The lowest BCUT2D eigenvalue weighted by Gasteiger charge is -1.80. The SMILES string of the molecule is NC1CC1.S=c1nc[nH]c(=S)[nH]1. The van der Waals surface area contributed by atoms with Gasteiger partial charge in [0.1, 0.15) is 0 Å². The summed E-state index contributed by atoms with van der Waals surface area (Å²) in [4.78, 5) is 8.96. The van der Waals surface area contributed by atoms with Gasteiger partial charge in [0, 0.05) is 6.04 Å². The van der Waals surface area contributed by atoms with E-state index in [-0.39, 0.29) is 0 Å². The molecule has 1 heterocycles. The van der Waals surface area contributed by atoms with Crippen molar-refractivity contribution >= 4 is 24.4 Å². The third-order valence-corrected chi connectivity index (χ3v) is 1.65. The first-order valence-electron chi connectivity index (χ1n) is 3.58. The van der Waals surface area contributed by atoms with E-state index in [1.807, 2.05) is 0 Å². The Balaban J connectivity index is 0.000000150. The van der Waals surface area contributed by atoms with E-state index in [1.54, 1.807) is 0 Å². The molecule has 66 valence electrons. The molecule has 1 aliphatic carbocycles. The summed E-state index contributed by atoms with van der Waals surface area (Å²) < 4.78 is 0.916. The van der Waals surface area contributed by atoms with Crippen LogP contribution in [0.15, 0.2) is 6.33 Å². The molecule has 2 rings (SSSR count). The zero-order valence-electron chi connectivity index (χ0n) is 6.41. The number of hydrogen-bond donors (Lipinski definition) is 3. The minimum atomic E-state index is 0.411. The van der Waals surface area contributed by atoms with Gasteiger partial charge in [-0.25, -0.2) is 4.98 Å². The Morgan fingerprint density at radius 2 is 2.08 bits per heavy atom. The summed E-state index contributed by atoms with van der Waals surface area (Å²) >= 11 is 9.33. The lowest BCUT2D eigenvalue weighted by atomic mass is 10.8. The first kappa shape index (κ1) is 9.50. The molecular formula is C6H10N4S2. The Labute approximate surface area is 80.2 Å². The average molecular weight is 202 g/mol. The number of hydrogen-bond acceptors (Lipinski definition) is 4. The number of nitrogens with one attached hydrogen (secondary N) is 2. The molecule has 1 aromatic heterocycles. The Bertz CT molecular complexity index is 312. The third kappa shape index (κ3) is 4.32. The number of nitrogens with two attached hydrogens (primary N) is 1. The molecule has 0 atom stereocenters. The molecule has 1 aromatic rings. The van der Waals surface area contributed by atoms with Crippen molar-refractivity contribution < 1.29 is 0 Å². The molecule has 0 aromatic carbocycles. The predicted molar refractivity (Wildman–Crippen MR) is 51.8 cm³/mol. The quantitative estimate of drug-likeness (QED) is 0.555. The van der Waals surface area contributed by atoms with Gasteiger partial charge in [-0.3, -0.25) is 0 Å². The standard InChI is InChI=1S/C3H3N3S2.C3H7N/c7-2-4-1-5-3(8)6-2;4-3-1-2-3/h1H,(H2,4,5,6,7,8);3H,1-2,4H2. The number of aromatic nitrogens is 3. The normalized spacial score (nSPS) is 14.8. The fraction of sp³-hybridized carbons (Fsp3) is 0.500. The van der Waals surface area contributed by atoms with Crippen LogP contribution in [0.1, 0.15) is 12.8 Å². The van der Waals surface area contributed by atoms with Gasteiger partial charge in [0.15, 0.2) is 9.54 Å². The Morgan fingerprint density at radius 1 is 1.50 bits per heavy atom. The van der Waals surface area contributed by atoms with E-state index in [0.29, 0.717) is 15.6 Å². The van der Waals surface area contributed by atoms with E-state index in [0.717, 1.165) is 0 Å². The monoisotopic (exact) mass is 202 g/mol. The summed E-state index contributed by atoms with van der Waals surface area (Å²) in [7, 11) is 0. The van der Waals surface area contributed by atoms with Crippen LogP contribution >= 0.6 is 24.4 Å². The molecule has 1 fully saturated rings. The summed E-state index contributed by atoms with van der Waals surface area (Å²) in [6.45, 7) is 0. The van der Waals surface area contributed by atoms with Crippen molar-refractivity contribution in [3.63, 3.8) is 0 Å². The Kier molecular flexibility index (Phi) is 3.51. The maximum atomic E-state index is 5.22. The highest BCUT2D eigenvalue weighted by Crippen LogP contribution is 2.13. The molecule has 0 saturated heterocycles. The van der Waals surface area contributed by atoms with Crippen LogP contribution in [0, 0.1) is 9.54 Å². The lowest BCUT2D eigenvalue weighted by Crippen LogP contribution is -1.94. The minimum absolute atomic E-state index is 0.411. The number of H-pyrrole nitrogens is 2. The van der Waals surface area contributed by atoms with Gasteiger partial charge >= 0.3 is 0 Å². The van der Waals surface area contributed by atoms with Gasteiger partial charge in [0.25, 0.3) is 0 Å². The van der Waals surface area contributed by atoms with Crippen LogP contribution in [-0.4, -0.2) is 21.0 Å². The van der Waals surface area contributed by atoms with Crippen LogP contribution in [0.25, 0.3) is 0 Å². The fourth-order valence-corrected chi connectivity index (χ4v) is 0.780. The van der Waals surface area contributed by atoms with Crippen molar-refractivity contribution in [3.8, 4) is 0 Å². The molecule has 0 unspecified atom stereocenters. The Hall–Kier alpha value is -0.590. The molecule has 0 bridgehead atoms. The molecule has 4 N–H and O–H groups in total. The van der Waals surface area contributed by atoms with Crippen molar-refractivity contribution in [2.24, 2.45) is 5.73 Å². The van der Waals surface area contributed by atoms with Gasteiger partial charge < -0.3 is 15.7 Å². The highest BCUT2D eigenvalue weighted by atomic mass is 32.1.